The van der Waals surface area contributed by atoms with E-state index in [1.807, 2.05) is 27.7 Å². The van der Waals surface area contributed by atoms with Crippen LogP contribution in [0.3, 0.4) is 0 Å². The van der Waals surface area contributed by atoms with Crippen LogP contribution in [-0.4, -0.2) is 59.0 Å². The van der Waals surface area contributed by atoms with Gasteiger partial charge in [-0.25, -0.2) is 4.79 Å². The summed E-state index contributed by atoms with van der Waals surface area (Å²) >= 11 is 0. The van der Waals surface area contributed by atoms with Gasteiger partial charge in [-0.2, -0.15) is 0 Å². The molecule has 3 N–H and O–H groups in total. The number of aliphatic carboxylic acids is 1. The van der Waals surface area contributed by atoms with Crippen LogP contribution in [0.15, 0.2) is 0 Å². The number of nitrogens with two attached hydrogens (primary N) is 1. The second-order valence-electron chi connectivity index (χ2n) is 5.69. The molecule has 0 aliphatic carbocycles. The summed E-state index contributed by atoms with van der Waals surface area (Å²) in [5.41, 5.74) is 5.07. The van der Waals surface area contributed by atoms with Crippen LogP contribution in [0.4, 0.5) is 4.79 Å². The molecule has 0 bridgehead atoms. The van der Waals surface area contributed by atoms with Crippen molar-refractivity contribution >= 4 is 17.9 Å². The third-order valence-corrected chi connectivity index (χ3v) is 2.38. The lowest BCUT2D eigenvalue weighted by atomic mass is 10.1. The van der Waals surface area contributed by atoms with E-state index in [1.54, 1.807) is 4.90 Å². The summed E-state index contributed by atoms with van der Waals surface area (Å²) in [6, 6.07) is -0.464. The highest BCUT2D eigenvalue weighted by Gasteiger charge is 2.25. The third-order valence-electron chi connectivity index (χ3n) is 2.38. The lowest BCUT2D eigenvalue weighted by Gasteiger charge is -2.31. The Morgan fingerprint density at radius 1 is 0.950 bits per heavy atom. The molecule has 0 rings (SSSR count). The fourth-order valence-electron chi connectivity index (χ4n) is 1.85. The zero-order valence-electron chi connectivity index (χ0n) is 12.6. The van der Waals surface area contributed by atoms with Gasteiger partial charge < -0.3 is 20.6 Å². The van der Waals surface area contributed by atoms with Gasteiger partial charge in [-0.05, 0) is 11.8 Å². The Morgan fingerprint density at radius 3 is 1.70 bits per heavy atom. The number of nitrogens with zero attached hydrogens (tertiary/aromatic N) is 2. The van der Waals surface area contributed by atoms with Gasteiger partial charge >= 0.3 is 12.0 Å². The van der Waals surface area contributed by atoms with Gasteiger partial charge in [0.25, 0.3) is 0 Å². The minimum absolute atomic E-state index is 0.248. The first kappa shape index (κ1) is 18.2. The van der Waals surface area contributed by atoms with Gasteiger partial charge in [-0.1, -0.05) is 27.7 Å². The van der Waals surface area contributed by atoms with Crippen molar-refractivity contribution in [1.82, 2.24) is 9.80 Å². The highest BCUT2D eigenvalue weighted by Crippen LogP contribution is 2.08. The smallest absolute Gasteiger partial charge is 0.323 e. The first-order chi connectivity index (χ1) is 9.13. The van der Waals surface area contributed by atoms with Crippen molar-refractivity contribution in [2.45, 2.75) is 27.7 Å². The minimum Gasteiger partial charge on any atom is -0.480 e. The molecule has 0 saturated carbocycles. The summed E-state index contributed by atoms with van der Waals surface area (Å²) in [6.45, 7) is 7.96. The summed E-state index contributed by atoms with van der Waals surface area (Å²) in [4.78, 5) is 36.7. The summed E-state index contributed by atoms with van der Waals surface area (Å²) in [7, 11) is 0. The predicted octanol–water partition coefficient (Wildman–Crippen LogP) is 0.592. The van der Waals surface area contributed by atoms with Gasteiger partial charge in [0.15, 0.2) is 0 Å². The maximum atomic E-state index is 12.4. The van der Waals surface area contributed by atoms with E-state index >= 15 is 0 Å². The molecule has 0 aliphatic heterocycles. The molecule has 7 heteroatoms. The number of carboxylic acids is 1. The fourth-order valence-corrected chi connectivity index (χ4v) is 1.85. The van der Waals surface area contributed by atoms with Crippen LogP contribution in [0.2, 0.25) is 0 Å². The van der Waals surface area contributed by atoms with E-state index in [0.717, 1.165) is 4.90 Å². The summed E-state index contributed by atoms with van der Waals surface area (Å²) in [5.74, 6) is -1.40. The van der Waals surface area contributed by atoms with Crippen LogP contribution in [0.5, 0.6) is 0 Å². The highest BCUT2D eigenvalue weighted by molar-refractivity contribution is 5.86. The highest BCUT2D eigenvalue weighted by atomic mass is 16.4. The quantitative estimate of drug-likeness (QED) is 0.681. The lowest BCUT2D eigenvalue weighted by molar-refractivity contribution is -0.138. The maximum Gasteiger partial charge on any atom is 0.323 e. The molecule has 0 aromatic heterocycles. The Kier molecular flexibility index (Phi) is 7.64. The Labute approximate surface area is 119 Å². The number of amides is 3. The van der Waals surface area contributed by atoms with Crippen molar-refractivity contribution in [1.29, 1.82) is 0 Å². The van der Waals surface area contributed by atoms with Crippen molar-refractivity contribution in [3.8, 4) is 0 Å². The number of carbonyl (C=O) groups excluding carboxylic acids is 2. The molecule has 7 nitrogen and oxygen atoms in total. The van der Waals surface area contributed by atoms with Gasteiger partial charge in [0, 0.05) is 13.1 Å². The Hall–Kier alpha value is -1.79. The average Bonchev–Trinajstić information content (AvgIpc) is 2.23. The molecular weight excluding hydrogens is 262 g/mol. The van der Waals surface area contributed by atoms with Gasteiger partial charge in [0.05, 0.1) is 0 Å². The summed E-state index contributed by atoms with van der Waals surface area (Å²) < 4.78 is 0. The number of carboxylic acid groups (broad SMARTS) is 1. The largest absolute Gasteiger partial charge is 0.480 e. The normalized spacial score (nSPS) is 10.7. The van der Waals surface area contributed by atoms with E-state index in [1.165, 1.54) is 0 Å². The monoisotopic (exact) mass is 287 g/mol. The van der Waals surface area contributed by atoms with Crippen molar-refractivity contribution < 1.29 is 19.5 Å². The molecule has 0 saturated heterocycles. The first-order valence-corrected chi connectivity index (χ1v) is 6.67. The molecule has 20 heavy (non-hydrogen) atoms. The third kappa shape index (κ3) is 7.60. The van der Waals surface area contributed by atoms with Gasteiger partial charge in [0.2, 0.25) is 5.91 Å². The molecule has 0 unspecified atom stereocenters. The van der Waals surface area contributed by atoms with Crippen molar-refractivity contribution in [3.05, 3.63) is 0 Å². The van der Waals surface area contributed by atoms with Gasteiger partial charge in [-0.3, -0.25) is 9.59 Å². The number of hydrogen-bond donors (Lipinski definition) is 2. The maximum absolute atomic E-state index is 12.4. The molecule has 0 aliphatic rings. The van der Waals surface area contributed by atoms with E-state index in [9.17, 15) is 14.4 Å². The molecule has 0 fully saturated rings. The van der Waals surface area contributed by atoms with E-state index in [-0.39, 0.29) is 11.8 Å². The van der Waals surface area contributed by atoms with Crippen LogP contribution in [0, 0.1) is 11.8 Å². The van der Waals surface area contributed by atoms with E-state index in [2.05, 4.69) is 0 Å². The molecule has 116 valence electrons. The van der Waals surface area contributed by atoms with Crippen LogP contribution in [0.1, 0.15) is 27.7 Å². The van der Waals surface area contributed by atoms with Crippen molar-refractivity contribution in [3.63, 3.8) is 0 Å². The number of rotatable bonds is 8. The van der Waals surface area contributed by atoms with Crippen molar-refractivity contribution in [2.24, 2.45) is 17.6 Å². The second-order valence-corrected chi connectivity index (χ2v) is 5.69. The van der Waals surface area contributed by atoms with Crippen LogP contribution < -0.4 is 5.73 Å². The van der Waals surface area contributed by atoms with Gasteiger partial charge in [0.1, 0.15) is 13.1 Å². The van der Waals surface area contributed by atoms with Crippen molar-refractivity contribution in [2.75, 3.05) is 26.2 Å². The van der Waals surface area contributed by atoms with Crippen LogP contribution in [0.25, 0.3) is 0 Å². The standard InChI is InChI=1S/C13H25N3O4/c1-9(2)5-15(6-10(3)4)13(20)16(7-11(14)17)8-12(18)19/h9-10H,5-8H2,1-4H3,(H2,14,17)(H,18,19). The van der Waals surface area contributed by atoms with E-state index in [4.69, 9.17) is 10.8 Å². The Balaban J connectivity index is 5.00. The molecule has 0 aromatic rings. The molecule has 0 atom stereocenters. The predicted molar refractivity (Wildman–Crippen MR) is 75.0 cm³/mol. The zero-order chi connectivity index (χ0) is 15.9. The SMILES string of the molecule is CC(C)CN(CC(C)C)C(=O)N(CC(N)=O)CC(=O)O. The topological polar surface area (TPSA) is 104 Å². The summed E-state index contributed by atoms with van der Waals surface area (Å²) in [5, 5.41) is 8.83. The zero-order valence-corrected chi connectivity index (χ0v) is 12.6. The van der Waals surface area contributed by atoms with Crippen LogP contribution >= 0.6 is 0 Å². The molecule has 0 radical (unpaired) electrons. The molecule has 0 aromatic carbocycles. The number of carbonyl (C=O) groups is 3. The molecule has 0 spiro atoms. The number of hydrogen-bond acceptors (Lipinski definition) is 3. The number of primary amides is 1. The minimum atomic E-state index is -1.17. The van der Waals surface area contributed by atoms with E-state index < -0.39 is 31.0 Å². The number of urea groups is 1. The molecule has 3 amide bonds. The first-order valence-electron chi connectivity index (χ1n) is 6.67. The Morgan fingerprint density at radius 2 is 1.40 bits per heavy atom. The lowest BCUT2D eigenvalue weighted by Crippen LogP contribution is -2.50. The summed E-state index contributed by atoms with van der Waals surface area (Å²) in [6.07, 6.45) is 0. The van der Waals surface area contributed by atoms with Gasteiger partial charge in [-0.15, -0.1) is 0 Å². The second kappa shape index (κ2) is 8.39. The van der Waals surface area contributed by atoms with Crippen LogP contribution in [-0.2, 0) is 9.59 Å². The Bertz CT molecular complexity index is 330. The fraction of sp³-hybridized carbons (Fsp3) is 0.769. The van der Waals surface area contributed by atoms with E-state index in [0.29, 0.717) is 13.1 Å². The molecule has 0 heterocycles. The average molecular weight is 287 g/mol. The molecular formula is C13H25N3O4.